The van der Waals surface area contributed by atoms with Crippen molar-refractivity contribution in [2.24, 2.45) is 0 Å². The van der Waals surface area contributed by atoms with Gasteiger partial charge >= 0.3 is 0 Å². The Bertz CT molecular complexity index is 1080. The second-order valence-corrected chi connectivity index (χ2v) is 8.69. The van der Waals surface area contributed by atoms with E-state index in [0.29, 0.717) is 36.3 Å². The van der Waals surface area contributed by atoms with Gasteiger partial charge in [0.2, 0.25) is 5.88 Å². The molecule has 1 N–H and O–H groups in total. The largest absolute Gasteiger partial charge is 0.497 e. The molecule has 1 aromatic heterocycles. The van der Waals surface area contributed by atoms with Crippen molar-refractivity contribution in [3.05, 3.63) is 77.5 Å². The number of hydrogen-bond donors (Lipinski definition) is 1. The number of methoxy groups -OCH3 is 1. The van der Waals surface area contributed by atoms with Crippen molar-refractivity contribution in [2.45, 2.75) is 32.9 Å². The molecule has 0 bridgehead atoms. The number of nitrogens with zero attached hydrogens (tertiary/aromatic N) is 3. The zero-order valence-corrected chi connectivity index (χ0v) is 21.4. The molecule has 0 saturated heterocycles. The summed E-state index contributed by atoms with van der Waals surface area (Å²) >= 11 is 6.27. The lowest BCUT2D eigenvalue weighted by molar-refractivity contribution is 0.0244. The minimum absolute atomic E-state index is 0.252. The molecule has 0 spiro atoms. The fourth-order valence-corrected chi connectivity index (χ4v) is 3.96. The van der Waals surface area contributed by atoms with Gasteiger partial charge in [0.25, 0.3) is 0 Å². The van der Waals surface area contributed by atoms with Gasteiger partial charge in [-0.05, 0) is 62.4 Å². The van der Waals surface area contributed by atoms with Gasteiger partial charge in [0.05, 0.1) is 43.4 Å². The first-order valence-electron chi connectivity index (χ1n) is 11.7. The van der Waals surface area contributed by atoms with Gasteiger partial charge in [0.1, 0.15) is 11.5 Å². The topological polar surface area (TPSA) is 69.0 Å². The molecule has 0 unspecified atom stereocenters. The number of benzene rings is 2. The highest BCUT2D eigenvalue weighted by molar-refractivity contribution is 6.30. The first kappa shape index (κ1) is 26.8. The van der Waals surface area contributed by atoms with Crippen molar-refractivity contribution in [1.29, 1.82) is 0 Å². The highest BCUT2D eigenvalue weighted by Crippen LogP contribution is 2.33. The molecule has 0 aliphatic rings. The molecule has 0 saturated carbocycles. The summed E-state index contributed by atoms with van der Waals surface area (Å²) in [6, 6.07) is 14.9. The van der Waals surface area contributed by atoms with Gasteiger partial charge in [-0.15, -0.1) is 6.58 Å². The minimum Gasteiger partial charge on any atom is -0.497 e. The van der Waals surface area contributed by atoms with Crippen LogP contribution in [-0.4, -0.2) is 59.3 Å². The number of hydrogen-bond acceptors (Lipinski definition) is 6. The third kappa shape index (κ3) is 7.57. The van der Waals surface area contributed by atoms with E-state index in [-0.39, 0.29) is 6.61 Å². The number of aliphatic hydroxyl groups is 1. The van der Waals surface area contributed by atoms with Crippen LogP contribution in [0.5, 0.6) is 17.4 Å². The van der Waals surface area contributed by atoms with E-state index in [2.05, 4.69) is 18.4 Å². The summed E-state index contributed by atoms with van der Waals surface area (Å²) in [5.74, 6) is 2.02. The zero-order chi connectivity index (χ0) is 25.2. The lowest BCUT2D eigenvalue weighted by Crippen LogP contribution is -2.35. The van der Waals surface area contributed by atoms with E-state index in [1.54, 1.807) is 17.9 Å². The first-order chi connectivity index (χ1) is 16.9. The zero-order valence-electron chi connectivity index (χ0n) is 20.6. The summed E-state index contributed by atoms with van der Waals surface area (Å²) in [4.78, 5) is 2.19. The Labute approximate surface area is 212 Å². The van der Waals surface area contributed by atoms with Crippen LogP contribution in [-0.2, 0) is 11.3 Å². The third-order valence-electron chi connectivity index (χ3n) is 5.40. The fourth-order valence-electron chi connectivity index (χ4n) is 3.78. The number of ether oxygens (including phenoxy) is 3. The van der Waals surface area contributed by atoms with Crippen LogP contribution in [0.15, 0.2) is 61.2 Å². The maximum Gasteiger partial charge on any atom is 0.227 e. The molecule has 35 heavy (non-hydrogen) atoms. The van der Waals surface area contributed by atoms with Crippen LogP contribution in [0.4, 0.5) is 0 Å². The van der Waals surface area contributed by atoms with Crippen LogP contribution in [0.1, 0.15) is 24.6 Å². The lowest BCUT2D eigenvalue weighted by Gasteiger charge is -2.25. The van der Waals surface area contributed by atoms with Crippen LogP contribution in [0.2, 0.25) is 5.02 Å². The molecular formula is C27H34ClN3O4. The molecule has 0 aliphatic carbocycles. The molecule has 3 aromatic rings. The number of halogens is 1. The quantitative estimate of drug-likeness (QED) is 0.236. The Morgan fingerprint density at radius 3 is 2.60 bits per heavy atom. The molecule has 0 aliphatic heterocycles. The standard InChI is InChI=1S/C27H34ClN3O4/c1-5-14-30(17-23(32)19-34-15-6-2)18-26-20(3)29-31(22-9-7-8-21(28)16-22)27(26)35-25-12-10-24(33-4)11-13-25/h6-13,16,23,32H,2,5,14-15,17-19H2,1,3-4H3/t23-/m0/s1. The molecule has 0 fully saturated rings. The second-order valence-electron chi connectivity index (χ2n) is 8.25. The van der Waals surface area contributed by atoms with E-state index in [0.717, 1.165) is 35.7 Å². The summed E-state index contributed by atoms with van der Waals surface area (Å²) in [5.41, 5.74) is 2.58. The molecule has 0 radical (unpaired) electrons. The molecule has 188 valence electrons. The Hall–Kier alpha value is -2.84. The second kappa shape index (κ2) is 13.3. The summed E-state index contributed by atoms with van der Waals surface area (Å²) in [6.07, 6.45) is 2.00. The summed E-state index contributed by atoms with van der Waals surface area (Å²) in [6.45, 7) is 10.2. The van der Waals surface area contributed by atoms with E-state index >= 15 is 0 Å². The predicted molar refractivity (Wildman–Crippen MR) is 139 cm³/mol. The van der Waals surface area contributed by atoms with E-state index in [9.17, 15) is 5.11 Å². The Morgan fingerprint density at radius 2 is 1.94 bits per heavy atom. The van der Waals surface area contributed by atoms with Crippen LogP contribution >= 0.6 is 11.6 Å². The molecule has 1 heterocycles. The first-order valence-corrected chi connectivity index (χ1v) is 12.1. The van der Waals surface area contributed by atoms with Gasteiger partial charge in [0.15, 0.2) is 0 Å². The maximum absolute atomic E-state index is 10.5. The van der Waals surface area contributed by atoms with Crippen molar-refractivity contribution < 1.29 is 19.3 Å². The van der Waals surface area contributed by atoms with Crippen molar-refractivity contribution >= 4 is 11.6 Å². The van der Waals surface area contributed by atoms with Crippen LogP contribution in [0.3, 0.4) is 0 Å². The van der Waals surface area contributed by atoms with Gasteiger partial charge < -0.3 is 19.3 Å². The summed E-state index contributed by atoms with van der Waals surface area (Å²) < 4.78 is 18.9. The highest BCUT2D eigenvalue weighted by atomic mass is 35.5. The predicted octanol–water partition coefficient (Wildman–Crippen LogP) is 5.41. The van der Waals surface area contributed by atoms with Gasteiger partial charge in [-0.2, -0.15) is 5.10 Å². The number of aromatic nitrogens is 2. The summed E-state index contributed by atoms with van der Waals surface area (Å²) in [5, 5.41) is 15.9. The number of aliphatic hydroxyl groups excluding tert-OH is 1. The van der Waals surface area contributed by atoms with Crippen LogP contribution in [0, 0.1) is 6.92 Å². The Morgan fingerprint density at radius 1 is 1.20 bits per heavy atom. The highest BCUT2D eigenvalue weighted by Gasteiger charge is 2.22. The molecule has 7 nitrogen and oxygen atoms in total. The Kier molecular flexibility index (Phi) is 10.2. The molecule has 1 atom stereocenters. The SMILES string of the molecule is C=CCOC[C@@H](O)CN(CCC)Cc1c(C)nn(-c2cccc(Cl)c2)c1Oc1ccc(OC)cc1. The number of rotatable bonds is 14. The molecule has 0 amide bonds. The van der Waals surface area contributed by atoms with Gasteiger partial charge in [-0.3, -0.25) is 4.90 Å². The molecule has 2 aromatic carbocycles. The van der Waals surface area contributed by atoms with E-state index in [1.165, 1.54) is 0 Å². The van der Waals surface area contributed by atoms with Crippen LogP contribution < -0.4 is 9.47 Å². The fraction of sp³-hybridized carbons (Fsp3) is 0.370. The monoisotopic (exact) mass is 499 g/mol. The smallest absolute Gasteiger partial charge is 0.227 e. The van der Waals surface area contributed by atoms with Crippen molar-refractivity contribution in [2.75, 3.05) is 33.4 Å². The summed E-state index contributed by atoms with van der Waals surface area (Å²) in [7, 11) is 1.63. The van der Waals surface area contributed by atoms with E-state index < -0.39 is 6.10 Å². The van der Waals surface area contributed by atoms with Gasteiger partial charge in [-0.1, -0.05) is 30.7 Å². The number of aryl methyl sites for hydroxylation is 1. The molecule has 3 rings (SSSR count). The van der Waals surface area contributed by atoms with Crippen molar-refractivity contribution in [1.82, 2.24) is 14.7 Å². The Balaban J connectivity index is 1.94. The molecular weight excluding hydrogens is 466 g/mol. The minimum atomic E-state index is -0.615. The normalized spacial score (nSPS) is 12.1. The van der Waals surface area contributed by atoms with Crippen molar-refractivity contribution in [3.63, 3.8) is 0 Å². The van der Waals surface area contributed by atoms with Gasteiger partial charge in [0, 0.05) is 18.1 Å². The third-order valence-corrected chi connectivity index (χ3v) is 5.64. The van der Waals surface area contributed by atoms with Crippen LogP contribution in [0.25, 0.3) is 5.69 Å². The van der Waals surface area contributed by atoms with Gasteiger partial charge in [-0.25, -0.2) is 4.68 Å². The molecule has 8 heteroatoms. The van der Waals surface area contributed by atoms with Crippen molar-refractivity contribution in [3.8, 4) is 23.1 Å². The van der Waals surface area contributed by atoms with E-state index in [1.807, 2.05) is 55.5 Å². The maximum atomic E-state index is 10.5. The average molecular weight is 500 g/mol. The van der Waals surface area contributed by atoms with E-state index in [4.69, 9.17) is 30.9 Å². The average Bonchev–Trinajstić information content (AvgIpc) is 3.14. The lowest BCUT2D eigenvalue weighted by atomic mass is 10.2.